The zero-order valence-corrected chi connectivity index (χ0v) is 18.3. The summed E-state index contributed by atoms with van der Waals surface area (Å²) in [6.45, 7) is -0.573. The molecule has 3 aliphatic heterocycles. The van der Waals surface area contributed by atoms with Crippen LogP contribution >= 0.6 is 0 Å². The number of morpholine rings is 1. The number of rotatable bonds is 6. The van der Waals surface area contributed by atoms with Crippen LogP contribution in [0.1, 0.15) is 48.1 Å². The second-order valence-electron chi connectivity index (χ2n) is 8.18. The number of nitrogens with one attached hydrogen (secondary N) is 1. The van der Waals surface area contributed by atoms with Gasteiger partial charge >= 0.3 is 0 Å². The first-order valence-electron chi connectivity index (χ1n) is 14.0. The van der Waals surface area contributed by atoms with Gasteiger partial charge in [0, 0.05) is 29.9 Å². The molecule has 3 amide bonds. The number of hydrogen-bond donors (Lipinski definition) is 1. The van der Waals surface area contributed by atoms with Crippen LogP contribution in [-0.2, 0) is 34.0 Å². The Bertz CT molecular complexity index is 1430. The number of hydrogen-bond acceptors (Lipinski definition) is 5. The highest BCUT2D eigenvalue weighted by molar-refractivity contribution is 6.02. The Kier molecular flexibility index (Phi) is 4.39. The van der Waals surface area contributed by atoms with Crippen molar-refractivity contribution in [3.05, 3.63) is 76.9 Å². The van der Waals surface area contributed by atoms with E-state index in [1.165, 1.54) is 4.90 Å². The van der Waals surface area contributed by atoms with Crippen molar-refractivity contribution >= 4 is 17.7 Å². The minimum atomic E-state index is -2.54. The molecule has 0 saturated carbocycles. The van der Waals surface area contributed by atoms with Crippen molar-refractivity contribution in [3.8, 4) is 5.75 Å². The van der Waals surface area contributed by atoms with Crippen LogP contribution in [0.2, 0.25) is 0 Å². The molecule has 8 nitrogen and oxygen atoms in total. The van der Waals surface area contributed by atoms with Gasteiger partial charge in [-0.2, -0.15) is 0 Å². The Labute approximate surface area is 206 Å². The van der Waals surface area contributed by atoms with Gasteiger partial charge in [-0.15, -0.1) is 0 Å². The van der Waals surface area contributed by atoms with Gasteiger partial charge in [-0.1, -0.05) is 36.8 Å². The number of piperidine rings is 1. The summed E-state index contributed by atoms with van der Waals surface area (Å²) in [5.41, 5.74) is 0.792. The number of allylic oxidation sites excluding steroid dienone is 1. The van der Waals surface area contributed by atoms with E-state index in [0.717, 1.165) is 11.0 Å². The molecule has 0 aromatic heterocycles. The number of benzene rings is 2. The fraction of sp³-hybridized carbons (Fsp3) is 0.346. The molecule has 2 aromatic carbocycles. The zero-order valence-electron chi connectivity index (χ0n) is 24.3. The Hall–Kier alpha value is -3.65. The molecule has 2 aromatic rings. The van der Waals surface area contributed by atoms with Gasteiger partial charge in [0.25, 0.3) is 5.91 Å². The number of nitrogens with zero attached hydrogens (tertiary/aromatic N) is 2. The van der Waals surface area contributed by atoms with Gasteiger partial charge < -0.3 is 24.6 Å². The van der Waals surface area contributed by atoms with Gasteiger partial charge in [-0.05, 0) is 36.1 Å². The molecule has 2 unspecified atom stereocenters. The molecule has 2 fully saturated rings. The van der Waals surface area contributed by atoms with Crippen LogP contribution in [0.4, 0.5) is 0 Å². The van der Waals surface area contributed by atoms with Crippen LogP contribution in [0.25, 0.3) is 0 Å². The minimum Gasteiger partial charge on any atom is -0.489 e. The molecule has 3 aliphatic rings. The topological polar surface area (TPSA) is 88.2 Å². The maximum Gasteiger partial charge on any atom is 0.255 e. The van der Waals surface area contributed by atoms with Gasteiger partial charge in [0.15, 0.2) is 0 Å². The molecule has 176 valence electrons. The third-order valence-corrected chi connectivity index (χ3v) is 5.90. The molecule has 0 radical (unpaired) electrons. The Morgan fingerprint density at radius 2 is 2.06 bits per heavy atom. The molecular formula is C26H27N3O5. The van der Waals surface area contributed by atoms with Crippen molar-refractivity contribution in [3.63, 3.8) is 0 Å². The van der Waals surface area contributed by atoms with Crippen LogP contribution in [0.5, 0.6) is 5.75 Å². The molecule has 5 rings (SSSR count). The van der Waals surface area contributed by atoms with Crippen molar-refractivity contribution in [2.75, 3.05) is 19.8 Å². The zero-order chi connectivity index (χ0) is 28.9. The Morgan fingerprint density at radius 1 is 1.21 bits per heavy atom. The number of carbonyl (C=O) groups excluding carboxylic acids is 3. The van der Waals surface area contributed by atoms with Crippen molar-refractivity contribution in [1.29, 1.82) is 0 Å². The Balaban J connectivity index is 1.41. The van der Waals surface area contributed by atoms with Gasteiger partial charge in [0.1, 0.15) is 25.0 Å². The largest absolute Gasteiger partial charge is 0.489 e. The lowest BCUT2D eigenvalue weighted by molar-refractivity contribution is -0.143. The van der Waals surface area contributed by atoms with Gasteiger partial charge in [-0.3, -0.25) is 14.4 Å². The number of ether oxygens (including phenoxy) is 2. The highest BCUT2D eigenvalue weighted by atomic mass is 16.5. The minimum absolute atomic E-state index is 0.0733. The van der Waals surface area contributed by atoms with Crippen molar-refractivity contribution in [1.82, 2.24) is 15.1 Å². The third-order valence-electron chi connectivity index (χ3n) is 5.90. The molecule has 2 atom stereocenters. The summed E-state index contributed by atoms with van der Waals surface area (Å²) in [6.07, 6.45) is 0.970. The maximum absolute atomic E-state index is 13.1. The number of amides is 3. The highest BCUT2D eigenvalue weighted by Crippen LogP contribution is 2.34. The van der Waals surface area contributed by atoms with Crippen LogP contribution < -0.4 is 10.1 Å². The molecule has 0 aliphatic carbocycles. The van der Waals surface area contributed by atoms with Crippen LogP contribution in [0.3, 0.4) is 0 Å². The van der Waals surface area contributed by atoms with E-state index in [1.54, 1.807) is 18.2 Å². The number of fused-ring (bicyclic) bond motifs is 1. The molecule has 3 heterocycles. The predicted molar refractivity (Wildman–Crippen MR) is 124 cm³/mol. The summed E-state index contributed by atoms with van der Waals surface area (Å²) in [5.74, 6) is -1.11. The van der Waals surface area contributed by atoms with Gasteiger partial charge in [0.2, 0.25) is 11.8 Å². The lowest BCUT2D eigenvalue weighted by atomic mass is 10.0. The monoisotopic (exact) mass is 467 g/mol. The second kappa shape index (κ2) is 9.30. The summed E-state index contributed by atoms with van der Waals surface area (Å²) in [5, 5.41) is 2.68. The van der Waals surface area contributed by atoms with E-state index < -0.39 is 48.7 Å². The molecule has 8 heteroatoms. The van der Waals surface area contributed by atoms with E-state index in [2.05, 4.69) is 11.9 Å². The summed E-state index contributed by atoms with van der Waals surface area (Å²) >= 11 is 0. The van der Waals surface area contributed by atoms with Gasteiger partial charge in [0.05, 0.1) is 21.4 Å². The van der Waals surface area contributed by atoms with Crippen LogP contribution in [0, 0.1) is 0 Å². The van der Waals surface area contributed by atoms with E-state index in [9.17, 15) is 14.4 Å². The standard InChI is InChI=1S/C26H27N3O5/c1-17-5-10-22(25(31)27-17)29-14-21-20(26(29)32)3-2-4-23(21)34-15-19-8-6-18(7-9-19)13-28-11-12-33-16-24(28)30/h2-4,6-9,22H,1,5,10-16H2,(H,27,31)/i6D,7D,8D,13D2,15D. The van der Waals surface area contributed by atoms with E-state index in [-0.39, 0.29) is 49.4 Å². The Morgan fingerprint density at radius 3 is 2.88 bits per heavy atom. The van der Waals surface area contributed by atoms with Crippen molar-refractivity contribution < 1.29 is 32.1 Å². The maximum atomic E-state index is 13.1. The summed E-state index contributed by atoms with van der Waals surface area (Å²) < 4.78 is 61.9. The van der Waals surface area contributed by atoms with E-state index in [4.69, 9.17) is 17.7 Å². The molecular weight excluding hydrogens is 434 g/mol. The number of carbonyl (C=O) groups is 3. The van der Waals surface area contributed by atoms with Crippen molar-refractivity contribution in [2.45, 2.75) is 38.5 Å². The summed E-state index contributed by atoms with van der Waals surface area (Å²) in [7, 11) is 0. The third kappa shape index (κ3) is 4.41. The lowest BCUT2D eigenvalue weighted by Crippen LogP contribution is -2.49. The van der Waals surface area contributed by atoms with E-state index in [0.29, 0.717) is 29.7 Å². The summed E-state index contributed by atoms with van der Waals surface area (Å²) in [6, 6.07) is 3.56. The highest BCUT2D eigenvalue weighted by Gasteiger charge is 2.39. The normalized spacial score (nSPS) is 24.3. The molecule has 2 saturated heterocycles. The predicted octanol–water partition coefficient (Wildman–Crippen LogP) is 2.37. The van der Waals surface area contributed by atoms with E-state index in [1.807, 2.05) is 0 Å². The molecule has 0 spiro atoms. The van der Waals surface area contributed by atoms with E-state index >= 15 is 0 Å². The molecule has 1 N–H and O–H groups in total. The smallest absolute Gasteiger partial charge is 0.255 e. The SMILES string of the molecule is [2H]c1cc(C([2H])Oc2cccc3c2CN(C2CCC(=C)NC2=O)C3=O)c([2H])c([2H])c1C([2H])([2H])N1CCOCC1=O. The quantitative estimate of drug-likeness (QED) is 0.705. The van der Waals surface area contributed by atoms with Crippen LogP contribution in [-0.4, -0.2) is 53.3 Å². The fourth-order valence-corrected chi connectivity index (χ4v) is 4.13. The average Bonchev–Trinajstić information content (AvgIpc) is 3.23. The van der Waals surface area contributed by atoms with Gasteiger partial charge in [-0.25, -0.2) is 0 Å². The molecule has 34 heavy (non-hydrogen) atoms. The first-order chi connectivity index (χ1) is 18.9. The second-order valence-corrected chi connectivity index (χ2v) is 8.18. The first-order valence-corrected chi connectivity index (χ1v) is 10.9. The lowest BCUT2D eigenvalue weighted by Gasteiger charge is -2.31. The molecule has 0 bridgehead atoms. The van der Waals surface area contributed by atoms with Crippen LogP contribution in [0.15, 0.2) is 54.7 Å². The van der Waals surface area contributed by atoms with Crippen molar-refractivity contribution in [2.24, 2.45) is 0 Å². The fourth-order valence-electron chi connectivity index (χ4n) is 4.13. The first kappa shape index (κ1) is 16.1. The average molecular weight is 468 g/mol. The summed E-state index contributed by atoms with van der Waals surface area (Å²) in [4.78, 5) is 40.2.